The van der Waals surface area contributed by atoms with Gasteiger partial charge in [-0.1, -0.05) is 62.1 Å². The Bertz CT molecular complexity index is 491. The molecule has 0 saturated carbocycles. The van der Waals surface area contributed by atoms with Gasteiger partial charge in [0.2, 0.25) is 0 Å². The topological polar surface area (TPSA) is 0 Å². The molecule has 1 aliphatic carbocycles. The molecule has 0 fully saturated rings. The van der Waals surface area contributed by atoms with E-state index in [0.717, 1.165) is 11.4 Å². The summed E-state index contributed by atoms with van der Waals surface area (Å²) in [5.41, 5.74) is 6.07. The zero-order chi connectivity index (χ0) is 14.4. The van der Waals surface area contributed by atoms with E-state index >= 15 is 0 Å². The summed E-state index contributed by atoms with van der Waals surface area (Å²) in [6, 6.07) is 8.31. The SMILES string of the molecule is CCCCC1=C(CCCC)C(c2ccc(Cl)cc2)=CC1. The predicted octanol–water partition coefficient (Wildman–Crippen LogP) is 6.80. The Hall–Kier alpha value is -1.01. The molecule has 0 aliphatic heterocycles. The van der Waals surface area contributed by atoms with Crippen molar-refractivity contribution in [2.75, 3.05) is 0 Å². The van der Waals surface area contributed by atoms with Crippen LogP contribution < -0.4 is 0 Å². The molecule has 1 heteroatoms. The minimum atomic E-state index is 0.817. The van der Waals surface area contributed by atoms with Gasteiger partial charge in [-0.25, -0.2) is 0 Å². The Morgan fingerprint density at radius 1 is 0.950 bits per heavy atom. The third-order valence-corrected chi connectivity index (χ3v) is 4.32. The molecule has 1 aromatic carbocycles. The Labute approximate surface area is 128 Å². The van der Waals surface area contributed by atoms with Crippen molar-refractivity contribution in [1.82, 2.24) is 0 Å². The molecule has 2 rings (SSSR count). The van der Waals surface area contributed by atoms with E-state index < -0.39 is 0 Å². The van der Waals surface area contributed by atoms with E-state index in [1.54, 1.807) is 11.1 Å². The average molecular weight is 289 g/mol. The van der Waals surface area contributed by atoms with Gasteiger partial charge in [-0.3, -0.25) is 0 Å². The van der Waals surface area contributed by atoms with Crippen LogP contribution in [0, 0.1) is 0 Å². The van der Waals surface area contributed by atoms with Gasteiger partial charge in [0, 0.05) is 5.02 Å². The Morgan fingerprint density at radius 3 is 2.25 bits per heavy atom. The van der Waals surface area contributed by atoms with Crippen molar-refractivity contribution in [3.63, 3.8) is 0 Å². The molecule has 0 atom stereocenters. The number of rotatable bonds is 7. The summed E-state index contributed by atoms with van der Waals surface area (Å²) in [6.07, 6.45) is 11.2. The number of allylic oxidation sites excluding steroid dienone is 4. The Balaban J connectivity index is 2.22. The highest BCUT2D eigenvalue weighted by Gasteiger charge is 2.18. The van der Waals surface area contributed by atoms with Gasteiger partial charge in [-0.15, -0.1) is 0 Å². The van der Waals surface area contributed by atoms with Gasteiger partial charge in [-0.2, -0.15) is 0 Å². The van der Waals surface area contributed by atoms with Crippen LogP contribution in [0.3, 0.4) is 0 Å². The van der Waals surface area contributed by atoms with E-state index in [1.807, 2.05) is 12.1 Å². The van der Waals surface area contributed by atoms with Crippen LogP contribution in [0.5, 0.6) is 0 Å². The molecule has 108 valence electrons. The molecule has 1 aliphatic rings. The lowest BCUT2D eigenvalue weighted by atomic mass is 9.93. The van der Waals surface area contributed by atoms with E-state index in [4.69, 9.17) is 11.6 Å². The normalized spacial score (nSPS) is 14.8. The lowest BCUT2D eigenvalue weighted by Crippen LogP contribution is -1.92. The molecule has 0 amide bonds. The van der Waals surface area contributed by atoms with Crippen molar-refractivity contribution >= 4 is 17.2 Å². The zero-order valence-electron chi connectivity index (χ0n) is 12.7. The second-order valence-electron chi connectivity index (χ2n) is 5.62. The zero-order valence-corrected chi connectivity index (χ0v) is 13.5. The molecular weight excluding hydrogens is 264 g/mol. The van der Waals surface area contributed by atoms with Crippen molar-refractivity contribution < 1.29 is 0 Å². The second kappa shape index (κ2) is 7.69. The fourth-order valence-corrected chi connectivity index (χ4v) is 3.02. The molecule has 0 N–H and O–H groups in total. The molecule has 0 nitrogen and oxygen atoms in total. The molecule has 0 spiro atoms. The summed E-state index contributed by atoms with van der Waals surface area (Å²) in [7, 11) is 0. The van der Waals surface area contributed by atoms with Crippen molar-refractivity contribution in [3.8, 4) is 0 Å². The van der Waals surface area contributed by atoms with Crippen LogP contribution in [0.4, 0.5) is 0 Å². The van der Waals surface area contributed by atoms with Crippen LogP contribution in [0.25, 0.3) is 5.57 Å². The quantitative estimate of drug-likeness (QED) is 0.517. The van der Waals surface area contributed by atoms with E-state index in [9.17, 15) is 0 Å². The maximum Gasteiger partial charge on any atom is 0.0406 e. The molecule has 0 radical (unpaired) electrons. The lowest BCUT2D eigenvalue weighted by Gasteiger charge is -2.12. The Morgan fingerprint density at radius 2 is 1.60 bits per heavy atom. The minimum Gasteiger partial charge on any atom is -0.0843 e. The second-order valence-corrected chi connectivity index (χ2v) is 6.05. The van der Waals surface area contributed by atoms with Crippen LogP contribution in [-0.4, -0.2) is 0 Å². The fourth-order valence-electron chi connectivity index (χ4n) is 2.89. The summed E-state index contributed by atoms with van der Waals surface area (Å²) in [5, 5.41) is 0.817. The van der Waals surface area contributed by atoms with Crippen LogP contribution in [0.15, 0.2) is 41.5 Å². The third-order valence-electron chi connectivity index (χ3n) is 4.07. The first-order chi connectivity index (χ1) is 9.76. The van der Waals surface area contributed by atoms with Gasteiger partial charge in [0.1, 0.15) is 0 Å². The third kappa shape index (κ3) is 3.76. The fraction of sp³-hybridized carbons (Fsp3) is 0.474. The van der Waals surface area contributed by atoms with Crippen molar-refractivity contribution in [1.29, 1.82) is 0 Å². The van der Waals surface area contributed by atoms with Crippen molar-refractivity contribution in [2.24, 2.45) is 0 Å². The average Bonchev–Trinajstić information content (AvgIpc) is 2.86. The monoisotopic (exact) mass is 288 g/mol. The first kappa shape index (κ1) is 15.4. The van der Waals surface area contributed by atoms with Gasteiger partial charge in [-0.05, 0) is 60.9 Å². The number of halogens is 1. The van der Waals surface area contributed by atoms with E-state index in [1.165, 1.54) is 49.7 Å². The van der Waals surface area contributed by atoms with Crippen LogP contribution in [0.2, 0.25) is 5.02 Å². The maximum atomic E-state index is 6.00. The first-order valence-corrected chi connectivity index (χ1v) is 8.31. The summed E-state index contributed by atoms with van der Waals surface area (Å²) in [4.78, 5) is 0. The van der Waals surface area contributed by atoms with Crippen molar-refractivity contribution in [3.05, 3.63) is 52.1 Å². The van der Waals surface area contributed by atoms with Crippen LogP contribution in [-0.2, 0) is 0 Å². The maximum absolute atomic E-state index is 6.00. The first-order valence-electron chi connectivity index (χ1n) is 7.93. The number of unbranched alkanes of at least 4 members (excludes halogenated alkanes) is 2. The summed E-state index contributed by atoms with van der Waals surface area (Å²) < 4.78 is 0. The van der Waals surface area contributed by atoms with Gasteiger partial charge in [0.25, 0.3) is 0 Å². The number of benzene rings is 1. The molecule has 0 saturated heterocycles. The molecule has 0 bridgehead atoms. The largest absolute Gasteiger partial charge is 0.0843 e. The lowest BCUT2D eigenvalue weighted by molar-refractivity contribution is 0.753. The molecule has 0 heterocycles. The van der Waals surface area contributed by atoms with E-state index in [-0.39, 0.29) is 0 Å². The van der Waals surface area contributed by atoms with E-state index in [0.29, 0.717) is 0 Å². The molecule has 20 heavy (non-hydrogen) atoms. The summed E-state index contributed by atoms with van der Waals surface area (Å²) in [6.45, 7) is 4.54. The summed E-state index contributed by atoms with van der Waals surface area (Å²) >= 11 is 6.00. The molecule has 1 aromatic rings. The van der Waals surface area contributed by atoms with Gasteiger partial charge in [0.15, 0.2) is 0 Å². The van der Waals surface area contributed by atoms with Crippen molar-refractivity contribution in [2.45, 2.75) is 58.8 Å². The standard InChI is InChI=1S/C19H25Cl/c1-3-5-7-15-11-14-19(18(15)8-6-4-2)16-9-12-17(20)13-10-16/h9-10,12-14H,3-8,11H2,1-2H3. The van der Waals surface area contributed by atoms with Gasteiger partial charge < -0.3 is 0 Å². The molecule has 0 unspecified atom stereocenters. The molecule has 0 aromatic heterocycles. The number of hydrogen-bond acceptors (Lipinski definition) is 0. The highest BCUT2D eigenvalue weighted by atomic mass is 35.5. The van der Waals surface area contributed by atoms with Crippen LogP contribution in [0.1, 0.15) is 64.4 Å². The predicted molar refractivity (Wildman–Crippen MR) is 90.1 cm³/mol. The number of hydrogen-bond donors (Lipinski definition) is 0. The Kier molecular flexibility index (Phi) is 5.91. The summed E-state index contributed by atoms with van der Waals surface area (Å²) in [5.74, 6) is 0. The molecular formula is C19H25Cl. The van der Waals surface area contributed by atoms with Crippen LogP contribution >= 0.6 is 11.6 Å². The smallest absolute Gasteiger partial charge is 0.0406 e. The minimum absolute atomic E-state index is 0.817. The highest BCUT2D eigenvalue weighted by Crippen LogP contribution is 2.38. The highest BCUT2D eigenvalue weighted by molar-refractivity contribution is 6.30. The van der Waals surface area contributed by atoms with E-state index in [2.05, 4.69) is 32.1 Å². The van der Waals surface area contributed by atoms with Gasteiger partial charge >= 0.3 is 0 Å². The van der Waals surface area contributed by atoms with Gasteiger partial charge in [0.05, 0.1) is 0 Å².